The fourth-order valence-electron chi connectivity index (χ4n) is 3.20. The third-order valence-electron chi connectivity index (χ3n) is 4.59. The van der Waals surface area contributed by atoms with Crippen molar-refractivity contribution >= 4 is 24.0 Å². The first-order valence-corrected chi connectivity index (χ1v) is 8.72. The van der Waals surface area contributed by atoms with Crippen molar-refractivity contribution in [3.63, 3.8) is 0 Å². The van der Waals surface area contributed by atoms with Crippen LogP contribution in [-0.2, 0) is 17.7 Å². The second-order valence-electron chi connectivity index (χ2n) is 6.38. The van der Waals surface area contributed by atoms with Crippen LogP contribution in [0.15, 0.2) is 24.3 Å². The second kappa shape index (κ2) is 8.53. The molecule has 7 nitrogen and oxygen atoms in total. The number of nitrogens with one attached hydrogen (secondary N) is 3. The predicted molar refractivity (Wildman–Crippen MR) is 100 cm³/mol. The fourth-order valence-corrected chi connectivity index (χ4v) is 3.20. The predicted octanol–water partition coefficient (Wildman–Crippen LogP) is 2.29. The summed E-state index contributed by atoms with van der Waals surface area (Å²) in [5.74, 6) is 0.573. The van der Waals surface area contributed by atoms with E-state index in [9.17, 15) is 4.79 Å². The van der Waals surface area contributed by atoms with Crippen LogP contribution in [0, 0.1) is 0 Å². The van der Waals surface area contributed by atoms with Crippen molar-refractivity contribution in [3.8, 4) is 5.75 Å². The number of benzene rings is 1. The van der Waals surface area contributed by atoms with Crippen LogP contribution in [0.25, 0.3) is 0 Å². The zero-order valence-corrected chi connectivity index (χ0v) is 15.2. The largest absolute Gasteiger partial charge is 0.491 e. The van der Waals surface area contributed by atoms with Gasteiger partial charge in [0.05, 0.1) is 6.10 Å². The molecule has 1 unspecified atom stereocenters. The number of ether oxygens (including phenoxy) is 2. The molecule has 1 aromatic carbocycles. The first-order chi connectivity index (χ1) is 12.3. The van der Waals surface area contributed by atoms with Gasteiger partial charge in [0.2, 0.25) is 0 Å². The SMILES string of the molecule is Cl.O=C(Nc1ccc(OCC2CCCO2)cc1)c1n[nH]c2c1CNCC2. The van der Waals surface area contributed by atoms with Crippen molar-refractivity contribution in [1.82, 2.24) is 15.5 Å². The van der Waals surface area contributed by atoms with Crippen molar-refractivity contribution in [2.75, 3.05) is 25.1 Å². The van der Waals surface area contributed by atoms with Gasteiger partial charge in [0.15, 0.2) is 5.69 Å². The monoisotopic (exact) mass is 378 g/mol. The first-order valence-electron chi connectivity index (χ1n) is 8.72. The van der Waals surface area contributed by atoms with Gasteiger partial charge in [-0.1, -0.05) is 0 Å². The lowest BCUT2D eigenvalue weighted by Gasteiger charge is -2.13. The topological polar surface area (TPSA) is 88.3 Å². The molecule has 3 N–H and O–H groups in total. The summed E-state index contributed by atoms with van der Waals surface area (Å²) in [4.78, 5) is 12.5. The summed E-state index contributed by atoms with van der Waals surface area (Å²) in [7, 11) is 0. The molecular weight excluding hydrogens is 356 g/mol. The number of hydrogen-bond donors (Lipinski definition) is 3. The fraction of sp³-hybridized carbons (Fsp3) is 0.444. The van der Waals surface area contributed by atoms with E-state index in [1.54, 1.807) is 0 Å². The molecule has 0 bridgehead atoms. The number of anilines is 1. The molecule has 2 aliphatic rings. The zero-order chi connectivity index (χ0) is 17.1. The van der Waals surface area contributed by atoms with Gasteiger partial charge in [-0.3, -0.25) is 9.89 Å². The number of hydrogen-bond acceptors (Lipinski definition) is 5. The van der Waals surface area contributed by atoms with E-state index in [-0.39, 0.29) is 24.4 Å². The Bertz CT molecular complexity index is 741. The van der Waals surface area contributed by atoms with E-state index in [1.165, 1.54) is 0 Å². The Hall–Kier alpha value is -2.09. The molecule has 26 heavy (non-hydrogen) atoms. The summed E-state index contributed by atoms with van der Waals surface area (Å²) >= 11 is 0. The van der Waals surface area contributed by atoms with Gasteiger partial charge >= 0.3 is 0 Å². The molecule has 0 saturated carbocycles. The number of halogens is 1. The Labute approximate surface area is 158 Å². The first kappa shape index (κ1) is 18.7. The number of carbonyl (C=O) groups is 1. The molecule has 2 aliphatic heterocycles. The highest BCUT2D eigenvalue weighted by Crippen LogP contribution is 2.20. The van der Waals surface area contributed by atoms with Crippen molar-refractivity contribution < 1.29 is 14.3 Å². The van der Waals surface area contributed by atoms with Gasteiger partial charge in [0.25, 0.3) is 5.91 Å². The maximum atomic E-state index is 12.5. The number of nitrogens with zero attached hydrogens (tertiary/aromatic N) is 1. The maximum absolute atomic E-state index is 12.5. The second-order valence-corrected chi connectivity index (χ2v) is 6.38. The molecule has 2 aromatic rings. The highest BCUT2D eigenvalue weighted by atomic mass is 35.5. The summed E-state index contributed by atoms with van der Waals surface area (Å²) in [6.45, 7) is 2.97. The standard InChI is InChI=1S/C18H22N4O3.ClH/c23-18(17-15-10-19-8-7-16(15)21-22-17)20-12-3-5-13(6-4-12)25-11-14-2-1-9-24-14;/h3-6,14,19H,1-2,7-11H2,(H,20,23)(H,21,22);1H. The van der Waals surface area contributed by atoms with Crippen LogP contribution in [0.2, 0.25) is 0 Å². The van der Waals surface area contributed by atoms with E-state index in [0.717, 1.165) is 55.1 Å². The summed E-state index contributed by atoms with van der Waals surface area (Å²) in [6.07, 6.45) is 3.22. The van der Waals surface area contributed by atoms with Crippen LogP contribution in [0.5, 0.6) is 5.75 Å². The van der Waals surface area contributed by atoms with E-state index in [4.69, 9.17) is 9.47 Å². The molecule has 1 aromatic heterocycles. The van der Waals surface area contributed by atoms with Gasteiger partial charge in [-0.2, -0.15) is 5.10 Å². The molecule has 3 heterocycles. The smallest absolute Gasteiger partial charge is 0.276 e. The van der Waals surface area contributed by atoms with Gasteiger partial charge in [-0.25, -0.2) is 0 Å². The molecule has 4 rings (SSSR count). The normalized spacial score (nSPS) is 18.7. The lowest BCUT2D eigenvalue weighted by atomic mass is 10.1. The average Bonchev–Trinajstić information content (AvgIpc) is 3.31. The lowest BCUT2D eigenvalue weighted by Crippen LogP contribution is -2.25. The van der Waals surface area contributed by atoms with Gasteiger partial charge in [-0.05, 0) is 37.1 Å². The van der Waals surface area contributed by atoms with Crippen LogP contribution < -0.4 is 15.4 Å². The van der Waals surface area contributed by atoms with Crippen LogP contribution in [0.1, 0.15) is 34.6 Å². The number of aromatic nitrogens is 2. The minimum absolute atomic E-state index is 0. The molecular formula is C18H23ClN4O3. The Morgan fingerprint density at radius 1 is 1.35 bits per heavy atom. The Morgan fingerprint density at radius 3 is 2.96 bits per heavy atom. The Balaban J connectivity index is 0.00000196. The number of rotatable bonds is 5. The number of carbonyl (C=O) groups excluding carboxylic acids is 1. The van der Waals surface area contributed by atoms with Crippen LogP contribution in [0.4, 0.5) is 5.69 Å². The zero-order valence-electron chi connectivity index (χ0n) is 14.4. The van der Waals surface area contributed by atoms with Crippen molar-refractivity contribution in [2.24, 2.45) is 0 Å². The molecule has 1 saturated heterocycles. The highest BCUT2D eigenvalue weighted by molar-refractivity contribution is 6.04. The van der Waals surface area contributed by atoms with Crippen molar-refractivity contribution in [2.45, 2.75) is 31.9 Å². The number of aromatic amines is 1. The van der Waals surface area contributed by atoms with Crippen LogP contribution in [0.3, 0.4) is 0 Å². The third-order valence-corrected chi connectivity index (χ3v) is 4.59. The number of amides is 1. The van der Waals surface area contributed by atoms with Gasteiger partial charge in [0.1, 0.15) is 12.4 Å². The Kier molecular flexibility index (Phi) is 6.13. The lowest BCUT2D eigenvalue weighted by molar-refractivity contribution is 0.0679. The van der Waals surface area contributed by atoms with Gasteiger partial charge < -0.3 is 20.1 Å². The summed E-state index contributed by atoms with van der Waals surface area (Å²) in [6, 6.07) is 7.37. The molecule has 0 aliphatic carbocycles. The average molecular weight is 379 g/mol. The minimum atomic E-state index is -0.200. The van der Waals surface area contributed by atoms with Crippen LogP contribution >= 0.6 is 12.4 Å². The molecule has 1 fully saturated rings. The van der Waals surface area contributed by atoms with E-state index >= 15 is 0 Å². The van der Waals surface area contributed by atoms with Crippen molar-refractivity contribution in [3.05, 3.63) is 41.2 Å². The minimum Gasteiger partial charge on any atom is -0.491 e. The molecule has 0 radical (unpaired) electrons. The van der Waals surface area contributed by atoms with E-state index in [0.29, 0.717) is 18.8 Å². The Morgan fingerprint density at radius 2 is 2.19 bits per heavy atom. The molecule has 8 heteroatoms. The van der Waals surface area contributed by atoms with Gasteiger partial charge in [-0.15, -0.1) is 12.4 Å². The van der Waals surface area contributed by atoms with E-state index in [2.05, 4.69) is 20.8 Å². The van der Waals surface area contributed by atoms with Crippen molar-refractivity contribution in [1.29, 1.82) is 0 Å². The van der Waals surface area contributed by atoms with E-state index in [1.807, 2.05) is 24.3 Å². The quantitative estimate of drug-likeness (QED) is 0.743. The third kappa shape index (κ3) is 4.17. The number of fused-ring (bicyclic) bond motifs is 1. The molecule has 0 spiro atoms. The molecule has 140 valence electrons. The molecule has 1 amide bonds. The highest BCUT2D eigenvalue weighted by Gasteiger charge is 2.21. The summed E-state index contributed by atoms with van der Waals surface area (Å²) in [5, 5.41) is 13.3. The maximum Gasteiger partial charge on any atom is 0.276 e. The van der Waals surface area contributed by atoms with Crippen LogP contribution in [-0.4, -0.2) is 42.0 Å². The summed E-state index contributed by atoms with van der Waals surface area (Å²) in [5.41, 5.74) is 3.18. The number of H-pyrrole nitrogens is 1. The van der Waals surface area contributed by atoms with Gasteiger partial charge in [0, 0.05) is 43.1 Å². The van der Waals surface area contributed by atoms with E-state index < -0.39 is 0 Å². The summed E-state index contributed by atoms with van der Waals surface area (Å²) < 4.78 is 11.3. The molecule has 1 atom stereocenters.